The van der Waals surface area contributed by atoms with E-state index in [4.69, 9.17) is 0 Å². The van der Waals surface area contributed by atoms with Gasteiger partial charge in [0.05, 0.1) is 24.5 Å². The maximum Gasteiger partial charge on any atom is 0.251 e. The van der Waals surface area contributed by atoms with Crippen LogP contribution in [0.4, 0.5) is 0 Å². The van der Waals surface area contributed by atoms with E-state index in [0.29, 0.717) is 5.56 Å². The average Bonchev–Trinajstić information content (AvgIpc) is 2.92. The van der Waals surface area contributed by atoms with Crippen LogP contribution in [0.2, 0.25) is 0 Å². The highest BCUT2D eigenvalue weighted by Crippen LogP contribution is 2.21. The van der Waals surface area contributed by atoms with Gasteiger partial charge in [0, 0.05) is 11.8 Å². The fourth-order valence-electron chi connectivity index (χ4n) is 2.49. The topological polar surface area (TPSA) is 67.2 Å². The Morgan fingerprint density at radius 3 is 2.43 bits per heavy atom. The molecule has 0 fully saturated rings. The van der Waals surface area contributed by atoms with Crippen molar-refractivity contribution >= 4 is 5.91 Å². The molecule has 1 heterocycles. The quantitative estimate of drug-likeness (QED) is 0.891. The van der Waals surface area contributed by atoms with Gasteiger partial charge in [0.15, 0.2) is 0 Å². The predicted molar refractivity (Wildman–Crippen MR) is 90.7 cm³/mol. The van der Waals surface area contributed by atoms with E-state index in [1.165, 1.54) is 0 Å². The van der Waals surface area contributed by atoms with Gasteiger partial charge in [-0.1, -0.05) is 20.8 Å². The Labute approximate surface area is 137 Å². The van der Waals surface area contributed by atoms with E-state index in [-0.39, 0.29) is 24.0 Å². The molecule has 0 aliphatic carbocycles. The van der Waals surface area contributed by atoms with Gasteiger partial charge in [0.2, 0.25) is 0 Å². The molecule has 124 valence electrons. The fraction of sp³-hybridized carbons (Fsp3) is 0.444. The van der Waals surface area contributed by atoms with E-state index >= 15 is 0 Å². The maximum absolute atomic E-state index is 12.3. The van der Waals surface area contributed by atoms with Crippen LogP contribution in [-0.4, -0.2) is 33.4 Å². The van der Waals surface area contributed by atoms with Crippen LogP contribution in [0.3, 0.4) is 0 Å². The Morgan fingerprint density at radius 1 is 1.30 bits per heavy atom. The molecule has 1 atom stereocenters. The van der Waals surface area contributed by atoms with Crippen molar-refractivity contribution in [3.8, 4) is 5.69 Å². The molecule has 0 radical (unpaired) electrons. The number of carbonyl (C=O) groups is 1. The van der Waals surface area contributed by atoms with E-state index in [2.05, 4.69) is 31.2 Å². The van der Waals surface area contributed by atoms with Crippen LogP contribution in [0.15, 0.2) is 36.7 Å². The van der Waals surface area contributed by atoms with Crippen molar-refractivity contribution in [1.29, 1.82) is 0 Å². The van der Waals surface area contributed by atoms with Gasteiger partial charge in [-0.05, 0) is 48.6 Å². The zero-order valence-electron chi connectivity index (χ0n) is 14.2. The summed E-state index contributed by atoms with van der Waals surface area (Å²) in [6, 6.07) is 7.02. The fourth-order valence-corrected chi connectivity index (χ4v) is 2.49. The number of nitrogens with one attached hydrogen (secondary N) is 1. The lowest BCUT2D eigenvalue weighted by Crippen LogP contribution is -2.40. The molecular weight excluding hydrogens is 290 g/mol. The van der Waals surface area contributed by atoms with Crippen molar-refractivity contribution in [3.05, 3.63) is 47.8 Å². The molecule has 0 bridgehead atoms. The van der Waals surface area contributed by atoms with E-state index in [1.807, 2.05) is 25.3 Å². The molecule has 0 saturated carbocycles. The average molecular weight is 315 g/mol. The second kappa shape index (κ2) is 6.96. The monoisotopic (exact) mass is 315 g/mol. The lowest BCUT2D eigenvalue weighted by molar-refractivity contribution is 0.0897. The summed E-state index contributed by atoms with van der Waals surface area (Å²) in [5, 5.41) is 16.6. The summed E-state index contributed by atoms with van der Waals surface area (Å²) in [5.74, 6) is -0.170. The number of aliphatic hydroxyl groups is 1. The SMILES string of the molecule is Cc1cnn(-c2ccc(C(=O)NC(CO)CC(C)(C)C)cc2)c1. The molecule has 1 unspecified atom stereocenters. The highest BCUT2D eigenvalue weighted by atomic mass is 16.3. The highest BCUT2D eigenvalue weighted by Gasteiger charge is 2.20. The molecule has 1 aromatic carbocycles. The van der Waals surface area contributed by atoms with Gasteiger partial charge in [-0.3, -0.25) is 4.79 Å². The summed E-state index contributed by atoms with van der Waals surface area (Å²) in [6.07, 6.45) is 4.44. The Kier molecular flexibility index (Phi) is 5.21. The summed E-state index contributed by atoms with van der Waals surface area (Å²) >= 11 is 0. The Balaban J connectivity index is 2.05. The number of aromatic nitrogens is 2. The molecule has 2 N–H and O–H groups in total. The van der Waals surface area contributed by atoms with Crippen LogP contribution in [-0.2, 0) is 0 Å². The summed E-state index contributed by atoms with van der Waals surface area (Å²) in [6.45, 7) is 8.18. The van der Waals surface area contributed by atoms with E-state index in [0.717, 1.165) is 17.7 Å². The zero-order valence-corrected chi connectivity index (χ0v) is 14.2. The number of benzene rings is 1. The first-order chi connectivity index (χ1) is 10.8. The molecule has 5 heteroatoms. The van der Waals surface area contributed by atoms with Crippen LogP contribution >= 0.6 is 0 Å². The molecule has 0 saturated heterocycles. The van der Waals surface area contributed by atoms with E-state index < -0.39 is 0 Å². The number of rotatable bonds is 5. The van der Waals surface area contributed by atoms with Crippen molar-refractivity contribution in [2.75, 3.05) is 6.61 Å². The first-order valence-electron chi connectivity index (χ1n) is 7.82. The first-order valence-corrected chi connectivity index (χ1v) is 7.82. The van der Waals surface area contributed by atoms with E-state index in [1.54, 1.807) is 23.0 Å². The summed E-state index contributed by atoms with van der Waals surface area (Å²) in [4.78, 5) is 12.3. The van der Waals surface area contributed by atoms with Gasteiger partial charge in [-0.2, -0.15) is 5.10 Å². The number of nitrogens with zero attached hydrogens (tertiary/aromatic N) is 2. The second-order valence-electron chi connectivity index (χ2n) is 7.13. The third-order valence-corrected chi connectivity index (χ3v) is 3.52. The van der Waals surface area contributed by atoms with Gasteiger partial charge in [-0.15, -0.1) is 0 Å². The minimum absolute atomic E-state index is 0.0441. The molecule has 0 aliphatic heterocycles. The molecule has 2 aromatic rings. The normalized spacial score (nSPS) is 12.9. The molecule has 5 nitrogen and oxygen atoms in total. The van der Waals surface area contributed by atoms with Crippen molar-refractivity contribution in [2.24, 2.45) is 5.41 Å². The maximum atomic E-state index is 12.3. The van der Waals surface area contributed by atoms with Crippen LogP contribution in [0.5, 0.6) is 0 Å². The number of aryl methyl sites for hydroxylation is 1. The molecule has 23 heavy (non-hydrogen) atoms. The van der Waals surface area contributed by atoms with Gasteiger partial charge in [-0.25, -0.2) is 4.68 Å². The number of hydrogen-bond acceptors (Lipinski definition) is 3. The lowest BCUT2D eigenvalue weighted by atomic mass is 9.88. The van der Waals surface area contributed by atoms with Crippen molar-refractivity contribution in [3.63, 3.8) is 0 Å². The summed E-state index contributed by atoms with van der Waals surface area (Å²) in [7, 11) is 0. The molecule has 0 spiro atoms. The Morgan fingerprint density at radius 2 is 1.96 bits per heavy atom. The summed E-state index contributed by atoms with van der Waals surface area (Å²) < 4.78 is 1.77. The first kappa shape index (κ1) is 17.2. The van der Waals surface area contributed by atoms with Gasteiger partial charge in [0.25, 0.3) is 5.91 Å². The number of carbonyl (C=O) groups excluding carboxylic acids is 1. The predicted octanol–water partition coefficient (Wildman–Crippen LogP) is 2.71. The van der Waals surface area contributed by atoms with Crippen LogP contribution in [0, 0.1) is 12.3 Å². The molecular formula is C18H25N3O2. The van der Waals surface area contributed by atoms with Crippen molar-refractivity contribution < 1.29 is 9.90 Å². The third kappa shape index (κ3) is 4.93. The number of aliphatic hydroxyl groups excluding tert-OH is 1. The minimum atomic E-state index is -0.240. The van der Waals surface area contributed by atoms with Crippen LogP contribution < -0.4 is 5.32 Å². The Bertz CT molecular complexity index is 654. The molecule has 1 amide bonds. The molecule has 1 aromatic heterocycles. The van der Waals surface area contributed by atoms with Crippen LogP contribution in [0.25, 0.3) is 5.69 Å². The Hall–Kier alpha value is -2.14. The lowest BCUT2D eigenvalue weighted by Gasteiger charge is -2.25. The van der Waals surface area contributed by atoms with Crippen molar-refractivity contribution in [1.82, 2.24) is 15.1 Å². The largest absolute Gasteiger partial charge is 0.394 e. The molecule has 2 rings (SSSR count). The van der Waals surface area contributed by atoms with E-state index in [9.17, 15) is 9.90 Å². The molecule has 0 aliphatic rings. The van der Waals surface area contributed by atoms with Gasteiger partial charge in [0.1, 0.15) is 0 Å². The minimum Gasteiger partial charge on any atom is -0.394 e. The second-order valence-corrected chi connectivity index (χ2v) is 7.13. The zero-order chi connectivity index (χ0) is 17.0. The number of hydrogen-bond donors (Lipinski definition) is 2. The highest BCUT2D eigenvalue weighted by molar-refractivity contribution is 5.94. The smallest absolute Gasteiger partial charge is 0.251 e. The standard InChI is InChI=1S/C18H25N3O2/c1-13-10-19-21(11-13)16-7-5-14(6-8-16)17(23)20-15(12-22)9-18(2,3)4/h5-8,10-11,15,22H,9,12H2,1-4H3,(H,20,23). The summed E-state index contributed by atoms with van der Waals surface area (Å²) in [5.41, 5.74) is 2.61. The third-order valence-electron chi connectivity index (χ3n) is 3.52. The van der Waals surface area contributed by atoms with Gasteiger partial charge < -0.3 is 10.4 Å². The van der Waals surface area contributed by atoms with Crippen LogP contribution in [0.1, 0.15) is 43.1 Å². The number of amides is 1. The van der Waals surface area contributed by atoms with Crippen molar-refractivity contribution in [2.45, 2.75) is 40.2 Å². The van der Waals surface area contributed by atoms with Gasteiger partial charge >= 0.3 is 0 Å².